The molecule has 5 heteroatoms. The van der Waals surface area contributed by atoms with E-state index in [1.54, 1.807) is 11.6 Å². The average molecular weight is 332 g/mol. The van der Waals surface area contributed by atoms with E-state index < -0.39 is 0 Å². The van der Waals surface area contributed by atoms with Crippen LogP contribution in [0.2, 0.25) is 0 Å². The van der Waals surface area contributed by atoms with Crippen LogP contribution in [0.15, 0.2) is 41.2 Å². The van der Waals surface area contributed by atoms with Crippen LogP contribution in [0.5, 0.6) is 0 Å². The summed E-state index contributed by atoms with van der Waals surface area (Å²) in [5.41, 5.74) is 3.80. The van der Waals surface area contributed by atoms with Crippen molar-refractivity contribution in [3.05, 3.63) is 52.3 Å². The van der Waals surface area contributed by atoms with Crippen molar-refractivity contribution in [3.63, 3.8) is 0 Å². The fraction of sp³-hybridized carbons (Fsp3) is 0.389. The SMILES string of the molecule is CN1CCN(c2ccc(-c3ccc(CCl)c(=O)n3C)cc2)CC1. The monoisotopic (exact) mass is 331 g/mol. The minimum Gasteiger partial charge on any atom is -0.369 e. The zero-order valence-electron chi connectivity index (χ0n) is 13.6. The number of nitrogens with zero attached hydrogens (tertiary/aromatic N) is 3. The second-order valence-electron chi connectivity index (χ2n) is 6.08. The molecule has 0 amide bonds. The van der Waals surface area contributed by atoms with Crippen LogP contribution >= 0.6 is 11.6 Å². The molecule has 0 radical (unpaired) electrons. The minimum absolute atomic E-state index is 0.0272. The summed E-state index contributed by atoms with van der Waals surface area (Å²) in [6.07, 6.45) is 0. The van der Waals surface area contributed by atoms with Crippen LogP contribution in [0.3, 0.4) is 0 Å². The zero-order valence-corrected chi connectivity index (χ0v) is 14.4. The van der Waals surface area contributed by atoms with Gasteiger partial charge in [-0.25, -0.2) is 0 Å². The van der Waals surface area contributed by atoms with Crippen molar-refractivity contribution in [2.75, 3.05) is 38.1 Å². The van der Waals surface area contributed by atoms with E-state index in [2.05, 4.69) is 41.1 Å². The summed E-state index contributed by atoms with van der Waals surface area (Å²) in [5, 5.41) is 0. The number of anilines is 1. The molecule has 23 heavy (non-hydrogen) atoms. The Kier molecular flexibility index (Phi) is 4.74. The molecular weight excluding hydrogens is 310 g/mol. The molecule has 0 unspecified atom stereocenters. The molecule has 0 spiro atoms. The number of aromatic nitrogens is 1. The lowest BCUT2D eigenvalue weighted by molar-refractivity contribution is 0.313. The summed E-state index contributed by atoms with van der Waals surface area (Å²) >= 11 is 5.80. The van der Waals surface area contributed by atoms with Crippen molar-refractivity contribution < 1.29 is 0 Å². The van der Waals surface area contributed by atoms with Crippen molar-refractivity contribution in [2.24, 2.45) is 7.05 Å². The topological polar surface area (TPSA) is 28.5 Å². The lowest BCUT2D eigenvalue weighted by Gasteiger charge is -2.34. The van der Waals surface area contributed by atoms with E-state index in [1.807, 2.05) is 12.1 Å². The standard InChI is InChI=1S/C18H22ClN3O/c1-20-9-11-22(12-10-20)16-6-3-14(4-7-16)17-8-5-15(13-19)18(23)21(17)2/h3-8H,9-13H2,1-2H3. The molecule has 0 atom stereocenters. The highest BCUT2D eigenvalue weighted by Crippen LogP contribution is 2.23. The lowest BCUT2D eigenvalue weighted by atomic mass is 10.1. The van der Waals surface area contributed by atoms with Crippen LogP contribution in [0.25, 0.3) is 11.3 Å². The molecule has 0 N–H and O–H groups in total. The molecular formula is C18H22ClN3O. The Labute approximate surface area is 141 Å². The van der Waals surface area contributed by atoms with Crippen LogP contribution < -0.4 is 10.5 Å². The van der Waals surface area contributed by atoms with Gasteiger partial charge in [-0.05, 0) is 30.8 Å². The fourth-order valence-corrected chi connectivity index (χ4v) is 3.19. The van der Waals surface area contributed by atoms with E-state index >= 15 is 0 Å². The van der Waals surface area contributed by atoms with E-state index in [-0.39, 0.29) is 11.4 Å². The Morgan fingerprint density at radius 2 is 1.61 bits per heavy atom. The van der Waals surface area contributed by atoms with Gasteiger partial charge in [0, 0.05) is 44.5 Å². The summed E-state index contributed by atoms with van der Waals surface area (Å²) in [6.45, 7) is 4.30. The van der Waals surface area contributed by atoms with Gasteiger partial charge in [-0.15, -0.1) is 11.6 Å². The van der Waals surface area contributed by atoms with Crippen molar-refractivity contribution in [1.29, 1.82) is 0 Å². The quantitative estimate of drug-likeness (QED) is 0.809. The van der Waals surface area contributed by atoms with Gasteiger partial charge in [-0.3, -0.25) is 4.79 Å². The molecule has 0 aliphatic carbocycles. The number of pyridine rings is 1. The van der Waals surface area contributed by atoms with E-state index in [0.717, 1.165) is 37.4 Å². The molecule has 2 heterocycles. The van der Waals surface area contributed by atoms with Gasteiger partial charge >= 0.3 is 0 Å². The van der Waals surface area contributed by atoms with Gasteiger partial charge in [0.1, 0.15) is 0 Å². The van der Waals surface area contributed by atoms with Crippen LogP contribution in [0.4, 0.5) is 5.69 Å². The number of hydrogen-bond acceptors (Lipinski definition) is 3. The molecule has 4 nitrogen and oxygen atoms in total. The van der Waals surface area contributed by atoms with Crippen LogP contribution in [0, 0.1) is 0 Å². The number of rotatable bonds is 3. The second kappa shape index (κ2) is 6.77. The molecule has 122 valence electrons. The van der Waals surface area contributed by atoms with E-state index in [0.29, 0.717) is 5.56 Å². The highest BCUT2D eigenvalue weighted by Gasteiger charge is 2.14. The Hall–Kier alpha value is -1.78. The number of piperazine rings is 1. The van der Waals surface area contributed by atoms with Gasteiger partial charge < -0.3 is 14.4 Å². The predicted molar refractivity (Wildman–Crippen MR) is 96.4 cm³/mol. The number of hydrogen-bond donors (Lipinski definition) is 0. The Balaban J connectivity index is 1.85. The molecule has 1 aliphatic heterocycles. The Morgan fingerprint density at radius 3 is 2.22 bits per heavy atom. The fourth-order valence-electron chi connectivity index (χ4n) is 2.99. The maximum Gasteiger partial charge on any atom is 0.255 e. The molecule has 0 saturated carbocycles. The van der Waals surface area contributed by atoms with Crippen LogP contribution in [0.1, 0.15) is 5.56 Å². The van der Waals surface area contributed by atoms with E-state index in [9.17, 15) is 4.79 Å². The van der Waals surface area contributed by atoms with E-state index in [1.165, 1.54) is 5.69 Å². The molecule has 1 aliphatic rings. The van der Waals surface area contributed by atoms with Crippen LogP contribution in [-0.4, -0.2) is 42.7 Å². The summed E-state index contributed by atoms with van der Waals surface area (Å²) in [6, 6.07) is 12.2. The third-order valence-electron chi connectivity index (χ3n) is 4.56. The third kappa shape index (κ3) is 3.28. The number of alkyl halides is 1. The van der Waals surface area contributed by atoms with Gasteiger partial charge in [0.15, 0.2) is 0 Å². The lowest BCUT2D eigenvalue weighted by Crippen LogP contribution is -2.44. The van der Waals surface area contributed by atoms with E-state index in [4.69, 9.17) is 11.6 Å². The zero-order chi connectivity index (χ0) is 16.4. The first-order valence-corrected chi connectivity index (χ1v) is 8.42. The Bertz CT molecular complexity index is 731. The molecule has 1 aromatic carbocycles. The van der Waals surface area contributed by atoms with Crippen molar-refractivity contribution >= 4 is 17.3 Å². The summed E-state index contributed by atoms with van der Waals surface area (Å²) in [4.78, 5) is 17.0. The van der Waals surface area contributed by atoms with Gasteiger partial charge in [0.25, 0.3) is 5.56 Å². The minimum atomic E-state index is -0.0272. The van der Waals surface area contributed by atoms with Gasteiger partial charge in [-0.2, -0.15) is 0 Å². The molecule has 1 fully saturated rings. The molecule has 2 aromatic rings. The Morgan fingerprint density at radius 1 is 0.957 bits per heavy atom. The smallest absolute Gasteiger partial charge is 0.255 e. The molecule has 1 aromatic heterocycles. The van der Waals surface area contributed by atoms with Gasteiger partial charge in [0.05, 0.1) is 11.6 Å². The summed E-state index contributed by atoms with van der Waals surface area (Å²) < 4.78 is 1.67. The molecule has 3 rings (SSSR count). The second-order valence-corrected chi connectivity index (χ2v) is 6.35. The van der Waals surface area contributed by atoms with Crippen molar-refractivity contribution in [3.8, 4) is 11.3 Å². The largest absolute Gasteiger partial charge is 0.369 e. The van der Waals surface area contributed by atoms with Gasteiger partial charge in [-0.1, -0.05) is 18.2 Å². The number of benzene rings is 1. The highest BCUT2D eigenvalue weighted by atomic mass is 35.5. The normalized spacial score (nSPS) is 15.9. The van der Waals surface area contributed by atoms with Crippen molar-refractivity contribution in [1.82, 2.24) is 9.47 Å². The third-order valence-corrected chi connectivity index (χ3v) is 4.85. The highest BCUT2D eigenvalue weighted by molar-refractivity contribution is 6.17. The maximum absolute atomic E-state index is 12.2. The van der Waals surface area contributed by atoms with Crippen molar-refractivity contribution in [2.45, 2.75) is 5.88 Å². The average Bonchev–Trinajstić information content (AvgIpc) is 2.58. The molecule has 0 bridgehead atoms. The van der Waals surface area contributed by atoms with Gasteiger partial charge in [0.2, 0.25) is 0 Å². The first-order valence-electron chi connectivity index (χ1n) is 7.89. The first kappa shape index (κ1) is 16.1. The summed E-state index contributed by atoms with van der Waals surface area (Å²) in [7, 11) is 3.95. The predicted octanol–water partition coefficient (Wildman–Crippen LogP) is 2.54. The summed E-state index contributed by atoms with van der Waals surface area (Å²) in [5.74, 6) is 0.245. The first-order chi connectivity index (χ1) is 11.1. The number of likely N-dealkylation sites (N-methyl/N-ethyl adjacent to an activating group) is 1. The van der Waals surface area contributed by atoms with Crippen LogP contribution in [-0.2, 0) is 12.9 Å². The number of halogens is 1. The molecule has 1 saturated heterocycles. The maximum atomic E-state index is 12.2.